The molecule has 0 amide bonds. The predicted molar refractivity (Wildman–Crippen MR) is 89.8 cm³/mol. The molecule has 0 fully saturated rings. The molecular formula is C7H16N2Na4O5S2. The van der Waals surface area contributed by atoms with Crippen molar-refractivity contribution in [2.45, 2.75) is 12.1 Å². The van der Waals surface area contributed by atoms with Crippen molar-refractivity contribution in [2.24, 2.45) is 11.5 Å². The molecule has 0 aliphatic carbocycles. The van der Waals surface area contributed by atoms with Crippen LogP contribution in [0.4, 0.5) is 4.79 Å². The Hall–Kier alpha value is 3.23. The van der Waals surface area contributed by atoms with Gasteiger partial charge in [-0.15, -0.1) is 0 Å². The van der Waals surface area contributed by atoms with Crippen LogP contribution in [-0.4, -0.2) is 160 Å². The van der Waals surface area contributed by atoms with E-state index < -0.39 is 30.2 Å². The fourth-order valence-corrected chi connectivity index (χ4v) is 0.784. The van der Waals surface area contributed by atoms with E-state index in [1.165, 1.54) is 0 Å². The Morgan fingerprint density at radius 2 is 1.05 bits per heavy atom. The van der Waals surface area contributed by atoms with E-state index in [2.05, 4.69) is 34.7 Å². The molecule has 0 aromatic rings. The van der Waals surface area contributed by atoms with Crippen LogP contribution in [0.2, 0.25) is 0 Å². The van der Waals surface area contributed by atoms with Crippen molar-refractivity contribution >= 4 is 162 Å². The van der Waals surface area contributed by atoms with Crippen molar-refractivity contribution in [3.63, 3.8) is 0 Å². The maximum atomic E-state index is 11.0. The summed E-state index contributed by atoms with van der Waals surface area (Å²) in [6.45, 7) is 0. The summed E-state index contributed by atoms with van der Waals surface area (Å²) in [6, 6.07) is -2.13. The van der Waals surface area contributed by atoms with E-state index in [-0.39, 0.29) is 130 Å². The van der Waals surface area contributed by atoms with Gasteiger partial charge in [0.05, 0.1) is 0 Å². The standard InChI is InChI=1S/C7H12N2O5S2.4Na.4H/c8-3(1-15)5(10)13-7(12)14-6(11)4(9)2-16;;;;;;;;/h3-4,15-16H,1-2,8-9H2;;;;;;;;/t3-,4-;;;;;;;;/m0......../s1. The Morgan fingerprint density at radius 3 is 1.25 bits per heavy atom. The number of rotatable bonds is 4. The average molecular weight is 364 g/mol. The first-order valence-electron chi connectivity index (χ1n) is 4.12. The summed E-state index contributed by atoms with van der Waals surface area (Å²) in [4.78, 5) is 32.8. The van der Waals surface area contributed by atoms with E-state index in [1.807, 2.05) is 0 Å². The van der Waals surface area contributed by atoms with Crippen molar-refractivity contribution in [1.82, 2.24) is 0 Å². The second-order valence-electron chi connectivity index (χ2n) is 2.67. The number of thiol groups is 2. The molecule has 0 rings (SSSR count). The quantitative estimate of drug-likeness (QED) is 0.174. The molecule has 0 aromatic carbocycles. The van der Waals surface area contributed by atoms with E-state index in [0.717, 1.165) is 0 Å². The summed E-state index contributed by atoms with van der Waals surface area (Å²) in [6.07, 6.45) is -1.47. The SMILES string of the molecule is N[C@@H](CS)C(=O)OC(=O)OC(=O)[C@@H](N)CS.[NaH].[NaH].[NaH].[NaH]. The van der Waals surface area contributed by atoms with Crippen LogP contribution in [0, 0.1) is 0 Å². The molecule has 0 saturated heterocycles. The number of esters is 2. The average Bonchev–Trinajstić information content (AvgIpc) is 2.26. The molecule has 0 aliphatic heterocycles. The first-order valence-corrected chi connectivity index (χ1v) is 5.39. The van der Waals surface area contributed by atoms with Crippen molar-refractivity contribution < 1.29 is 23.9 Å². The van der Waals surface area contributed by atoms with Crippen LogP contribution >= 0.6 is 25.3 Å². The van der Waals surface area contributed by atoms with Gasteiger partial charge in [0.25, 0.3) is 0 Å². The zero-order chi connectivity index (χ0) is 12.7. The molecule has 0 aromatic heterocycles. The Morgan fingerprint density at radius 1 is 0.800 bits per heavy atom. The molecule has 0 saturated carbocycles. The molecule has 0 bridgehead atoms. The fourth-order valence-electron chi connectivity index (χ4n) is 0.486. The van der Waals surface area contributed by atoms with Gasteiger partial charge in [-0.05, 0) is 0 Å². The molecule has 0 spiro atoms. The van der Waals surface area contributed by atoms with Gasteiger partial charge in [0, 0.05) is 11.5 Å². The zero-order valence-electron chi connectivity index (χ0n) is 8.16. The summed E-state index contributed by atoms with van der Waals surface area (Å²) < 4.78 is 8.19. The monoisotopic (exact) mass is 364 g/mol. The Bertz CT molecular complexity index is 274. The van der Waals surface area contributed by atoms with Gasteiger partial charge in [-0.2, -0.15) is 25.3 Å². The topological polar surface area (TPSA) is 122 Å². The van der Waals surface area contributed by atoms with E-state index in [4.69, 9.17) is 11.5 Å². The number of nitrogens with two attached hydrogens (primary N) is 2. The second kappa shape index (κ2) is 20.3. The molecule has 7 nitrogen and oxygen atoms in total. The van der Waals surface area contributed by atoms with Crippen molar-refractivity contribution in [3.8, 4) is 0 Å². The van der Waals surface area contributed by atoms with Crippen LogP contribution in [0.3, 0.4) is 0 Å². The number of carbonyl (C=O) groups is 3. The third kappa shape index (κ3) is 16.1. The second-order valence-corrected chi connectivity index (χ2v) is 3.40. The van der Waals surface area contributed by atoms with Gasteiger partial charge in [0.15, 0.2) is 0 Å². The molecule has 0 unspecified atom stereocenters. The Balaban J connectivity index is -0.000000187. The number of hydrogen-bond donors (Lipinski definition) is 4. The van der Waals surface area contributed by atoms with Crippen LogP contribution < -0.4 is 11.5 Å². The minimum atomic E-state index is -1.47. The molecule has 100 valence electrons. The summed E-state index contributed by atoms with van der Waals surface area (Å²) in [7, 11) is 0. The Kier molecular flexibility index (Phi) is 35.0. The number of ether oxygens (including phenoxy) is 2. The van der Waals surface area contributed by atoms with Crippen LogP contribution in [0.15, 0.2) is 0 Å². The van der Waals surface area contributed by atoms with Gasteiger partial charge in [0.2, 0.25) is 0 Å². The minimum absolute atomic E-state index is 0. The fraction of sp³-hybridized carbons (Fsp3) is 0.571. The zero-order valence-corrected chi connectivity index (χ0v) is 9.95. The summed E-state index contributed by atoms with van der Waals surface area (Å²) in [5.74, 6) is -2.08. The van der Waals surface area contributed by atoms with Gasteiger partial charge >= 0.3 is 136 Å². The normalized spacial score (nSPS) is 11.0. The first-order chi connectivity index (χ1) is 7.42. The van der Waals surface area contributed by atoms with Gasteiger partial charge in [-0.1, -0.05) is 0 Å². The van der Waals surface area contributed by atoms with Crippen LogP contribution in [0.25, 0.3) is 0 Å². The van der Waals surface area contributed by atoms with Gasteiger partial charge < -0.3 is 20.9 Å². The van der Waals surface area contributed by atoms with Gasteiger partial charge in [0.1, 0.15) is 12.1 Å². The summed E-state index contributed by atoms with van der Waals surface area (Å²) in [5.41, 5.74) is 10.4. The molecular weight excluding hydrogens is 348 g/mol. The summed E-state index contributed by atoms with van der Waals surface area (Å²) >= 11 is 7.44. The van der Waals surface area contributed by atoms with Gasteiger partial charge in [-0.25, -0.2) is 14.4 Å². The van der Waals surface area contributed by atoms with E-state index in [0.29, 0.717) is 0 Å². The summed E-state index contributed by atoms with van der Waals surface area (Å²) in [5, 5.41) is 0. The molecule has 20 heavy (non-hydrogen) atoms. The third-order valence-electron chi connectivity index (χ3n) is 1.37. The third-order valence-corrected chi connectivity index (χ3v) is 2.15. The molecule has 0 radical (unpaired) electrons. The van der Waals surface area contributed by atoms with E-state index in [1.54, 1.807) is 0 Å². The van der Waals surface area contributed by atoms with Crippen LogP contribution in [0.5, 0.6) is 0 Å². The molecule has 4 N–H and O–H groups in total. The van der Waals surface area contributed by atoms with Crippen molar-refractivity contribution in [2.75, 3.05) is 11.5 Å². The van der Waals surface area contributed by atoms with Crippen LogP contribution in [0.1, 0.15) is 0 Å². The predicted octanol–water partition coefficient (Wildman–Crippen LogP) is -3.89. The van der Waals surface area contributed by atoms with E-state index in [9.17, 15) is 14.4 Å². The number of hydrogen-bond acceptors (Lipinski definition) is 9. The van der Waals surface area contributed by atoms with E-state index >= 15 is 0 Å². The van der Waals surface area contributed by atoms with Gasteiger partial charge in [-0.3, -0.25) is 0 Å². The Labute approximate surface area is 216 Å². The first kappa shape index (κ1) is 34.5. The molecule has 0 aliphatic rings. The van der Waals surface area contributed by atoms with Crippen molar-refractivity contribution in [1.29, 1.82) is 0 Å². The number of carbonyl (C=O) groups excluding carboxylic acids is 3. The molecule has 13 heteroatoms. The van der Waals surface area contributed by atoms with Crippen molar-refractivity contribution in [3.05, 3.63) is 0 Å². The molecule has 0 heterocycles. The van der Waals surface area contributed by atoms with Crippen LogP contribution in [-0.2, 0) is 19.1 Å². The maximum absolute atomic E-state index is 11.0. The molecule has 2 atom stereocenters.